The van der Waals surface area contributed by atoms with Gasteiger partial charge in [-0.3, -0.25) is 14.9 Å². The van der Waals surface area contributed by atoms with Gasteiger partial charge in [0.25, 0.3) is 11.6 Å². The maximum Gasteiger partial charge on any atom is 0.269 e. The van der Waals surface area contributed by atoms with Crippen LogP contribution in [-0.2, 0) is 4.79 Å². The fourth-order valence-electron chi connectivity index (χ4n) is 2.90. The molecule has 0 radical (unpaired) electrons. The molecule has 0 aliphatic heterocycles. The van der Waals surface area contributed by atoms with Crippen LogP contribution in [0.4, 0.5) is 11.4 Å². The number of hydrogen-bond acceptors (Lipinski definition) is 3. The summed E-state index contributed by atoms with van der Waals surface area (Å²) in [4.78, 5) is 23.4. The Morgan fingerprint density at radius 2 is 1.64 bits per heavy atom. The zero-order valence-corrected chi connectivity index (χ0v) is 15.7. The number of nitrogens with zero attached hydrogens (tertiary/aromatic N) is 1. The molecule has 0 aliphatic carbocycles. The van der Waals surface area contributed by atoms with Gasteiger partial charge in [0.05, 0.1) is 4.92 Å². The van der Waals surface area contributed by atoms with Crippen molar-refractivity contribution in [3.05, 3.63) is 105 Å². The first-order valence-corrected chi connectivity index (χ1v) is 8.84. The highest BCUT2D eigenvalue weighted by molar-refractivity contribution is 6.29. The standard InChI is InChI=1S/C23H20N2O3/c1-16-8-13-22(17(2)14-16)24-23(26)21(19-6-4-3-5-7-19)15-18-9-11-20(12-10-18)25(27)28/h3-15H,1-2H3,(H,24,26)/b21-15+. The van der Waals surface area contributed by atoms with Crippen molar-refractivity contribution in [2.45, 2.75) is 13.8 Å². The lowest BCUT2D eigenvalue weighted by atomic mass is 10.0. The molecule has 3 aromatic rings. The van der Waals surface area contributed by atoms with Gasteiger partial charge in [0, 0.05) is 23.4 Å². The SMILES string of the molecule is Cc1ccc(NC(=O)/C(=C/c2ccc([N+](=O)[O-])cc2)c2ccccc2)c(C)c1. The number of nitrogens with one attached hydrogen (secondary N) is 1. The number of anilines is 1. The molecular formula is C23H20N2O3. The van der Waals surface area contributed by atoms with Gasteiger partial charge in [-0.25, -0.2) is 0 Å². The van der Waals surface area contributed by atoms with Crippen molar-refractivity contribution in [1.29, 1.82) is 0 Å². The van der Waals surface area contributed by atoms with Crippen molar-refractivity contribution in [2.24, 2.45) is 0 Å². The van der Waals surface area contributed by atoms with Crippen LogP contribution in [0.5, 0.6) is 0 Å². The molecule has 3 aromatic carbocycles. The van der Waals surface area contributed by atoms with Crippen molar-refractivity contribution >= 4 is 28.9 Å². The largest absolute Gasteiger partial charge is 0.322 e. The maximum absolute atomic E-state index is 13.0. The topological polar surface area (TPSA) is 72.2 Å². The molecule has 0 saturated heterocycles. The van der Waals surface area contributed by atoms with Crippen molar-refractivity contribution < 1.29 is 9.72 Å². The van der Waals surface area contributed by atoms with Gasteiger partial charge in [-0.2, -0.15) is 0 Å². The Balaban J connectivity index is 1.97. The average molecular weight is 372 g/mol. The van der Waals surface area contributed by atoms with Gasteiger partial charge in [0.1, 0.15) is 0 Å². The van der Waals surface area contributed by atoms with Crippen molar-refractivity contribution in [2.75, 3.05) is 5.32 Å². The number of carbonyl (C=O) groups excluding carboxylic acids is 1. The number of carbonyl (C=O) groups is 1. The van der Waals surface area contributed by atoms with E-state index in [2.05, 4.69) is 5.32 Å². The number of non-ortho nitro benzene ring substituents is 1. The number of hydrogen-bond donors (Lipinski definition) is 1. The van der Waals surface area contributed by atoms with Gasteiger partial charge < -0.3 is 5.32 Å². The molecule has 0 spiro atoms. The van der Waals surface area contributed by atoms with Gasteiger partial charge in [0.2, 0.25) is 0 Å². The Morgan fingerprint density at radius 1 is 0.964 bits per heavy atom. The summed E-state index contributed by atoms with van der Waals surface area (Å²) in [5.41, 5.74) is 4.83. The summed E-state index contributed by atoms with van der Waals surface area (Å²) < 4.78 is 0. The molecule has 0 aliphatic rings. The number of rotatable bonds is 5. The van der Waals surface area contributed by atoms with Crippen LogP contribution in [0.1, 0.15) is 22.3 Å². The van der Waals surface area contributed by atoms with E-state index in [0.29, 0.717) is 11.1 Å². The predicted molar refractivity (Wildman–Crippen MR) is 112 cm³/mol. The Morgan fingerprint density at radius 3 is 2.25 bits per heavy atom. The summed E-state index contributed by atoms with van der Waals surface area (Å²) in [6.07, 6.45) is 1.73. The van der Waals surface area contributed by atoms with Gasteiger partial charge in [-0.1, -0.05) is 48.0 Å². The third-order valence-corrected chi connectivity index (χ3v) is 4.37. The number of aryl methyl sites for hydroxylation is 2. The number of amides is 1. The minimum atomic E-state index is -0.446. The van der Waals surface area contributed by atoms with Gasteiger partial charge in [0.15, 0.2) is 0 Å². The molecule has 1 N–H and O–H groups in total. The second-order valence-corrected chi connectivity index (χ2v) is 6.55. The van der Waals surface area contributed by atoms with E-state index in [-0.39, 0.29) is 11.6 Å². The molecule has 1 amide bonds. The molecule has 5 nitrogen and oxygen atoms in total. The van der Waals surface area contributed by atoms with Crippen molar-refractivity contribution in [3.63, 3.8) is 0 Å². The van der Waals surface area contributed by atoms with Crippen LogP contribution < -0.4 is 5.32 Å². The summed E-state index contributed by atoms with van der Waals surface area (Å²) in [5.74, 6) is -0.239. The summed E-state index contributed by atoms with van der Waals surface area (Å²) in [7, 11) is 0. The smallest absolute Gasteiger partial charge is 0.269 e. The Bertz CT molecular complexity index is 1040. The second kappa shape index (κ2) is 8.31. The highest BCUT2D eigenvalue weighted by atomic mass is 16.6. The molecule has 140 valence electrons. The third-order valence-electron chi connectivity index (χ3n) is 4.37. The Kier molecular flexibility index (Phi) is 5.65. The van der Waals surface area contributed by atoms with Crippen LogP contribution in [0, 0.1) is 24.0 Å². The van der Waals surface area contributed by atoms with E-state index in [1.165, 1.54) is 12.1 Å². The lowest BCUT2D eigenvalue weighted by Gasteiger charge is -2.12. The van der Waals surface area contributed by atoms with Crippen molar-refractivity contribution in [3.8, 4) is 0 Å². The minimum Gasteiger partial charge on any atom is -0.322 e. The van der Waals surface area contributed by atoms with Gasteiger partial charge in [-0.15, -0.1) is 0 Å². The molecule has 5 heteroatoms. The molecule has 3 rings (SSSR count). The van der Waals surface area contributed by atoms with Crippen molar-refractivity contribution in [1.82, 2.24) is 0 Å². The fourth-order valence-corrected chi connectivity index (χ4v) is 2.90. The third kappa shape index (κ3) is 4.51. The quantitative estimate of drug-likeness (QED) is 0.282. The summed E-state index contributed by atoms with van der Waals surface area (Å²) >= 11 is 0. The lowest BCUT2D eigenvalue weighted by Crippen LogP contribution is -2.14. The molecule has 0 unspecified atom stereocenters. The van der Waals surface area contributed by atoms with Gasteiger partial charge in [-0.05, 0) is 54.8 Å². The van der Waals surface area contributed by atoms with E-state index in [1.807, 2.05) is 62.4 Å². The molecule has 0 heterocycles. The minimum absolute atomic E-state index is 0.0122. The zero-order chi connectivity index (χ0) is 20.1. The second-order valence-electron chi connectivity index (χ2n) is 6.55. The first kappa shape index (κ1) is 19.0. The van der Waals surface area contributed by atoms with Crippen LogP contribution in [0.2, 0.25) is 0 Å². The molecule has 0 atom stereocenters. The molecular weight excluding hydrogens is 352 g/mol. The molecule has 0 saturated carbocycles. The van der Waals surface area contributed by atoms with E-state index >= 15 is 0 Å². The summed E-state index contributed by atoms with van der Waals surface area (Å²) in [5, 5.41) is 13.8. The fraction of sp³-hybridized carbons (Fsp3) is 0.0870. The first-order chi connectivity index (χ1) is 13.4. The van der Waals surface area contributed by atoms with Crippen LogP contribution in [-0.4, -0.2) is 10.8 Å². The van der Waals surface area contributed by atoms with E-state index < -0.39 is 4.92 Å². The number of nitro groups is 1. The van der Waals surface area contributed by atoms with E-state index in [1.54, 1.807) is 18.2 Å². The van der Waals surface area contributed by atoms with E-state index in [0.717, 1.165) is 22.4 Å². The van der Waals surface area contributed by atoms with E-state index in [9.17, 15) is 14.9 Å². The summed E-state index contributed by atoms with van der Waals surface area (Å²) in [6, 6.07) is 21.3. The zero-order valence-electron chi connectivity index (χ0n) is 15.7. The number of nitro benzene ring substituents is 1. The average Bonchev–Trinajstić information content (AvgIpc) is 2.69. The Hall–Kier alpha value is -3.73. The monoisotopic (exact) mass is 372 g/mol. The maximum atomic E-state index is 13.0. The van der Waals surface area contributed by atoms with Crippen LogP contribution in [0.25, 0.3) is 11.6 Å². The molecule has 0 aromatic heterocycles. The first-order valence-electron chi connectivity index (χ1n) is 8.84. The van der Waals surface area contributed by atoms with Crippen LogP contribution >= 0.6 is 0 Å². The number of benzene rings is 3. The lowest BCUT2D eigenvalue weighted by molar-refractivity contribution is -0.384. The van der Waals surface area contributed by atoms with Gasteiger partial charge >= 0.3 is 0 Å². The van der Waals surface area contributed by atoms with E-state index in [4.69, 9.17) is 0 Å². The molecule has 0 fully saturated rings. The summed E-state index contributed by atoms with van der Waals surface area (Å²) in [6.45, 7) is 3.95. The van der Waals surface area contributed by atoms with Crippen LogP contribution in [0.15, 0.2) is 72.8 Å². The Labute approximate surface area is 163 Å². The predicted octanol–water partition coefficient (Wildman–Crippen LogP) is 5.39. The van der Waals surface area contributed by atoms with Crippen LogP contribution in [0.3, 0.4) is 0 Å². The molecule has 28 heavy (non-hydrogen) atoms. The molecule has 0 bridgehead atoms. The normalized spacial score (nSPS) is 11.1. The highest BCUT2D eigenvalue weighted by Crippen LogP contribution is 2.23. The highest BCUT2D eigenvalue weighted by Gasteiger charge is 2.14.